The summed E-state index contributed by atoms with van der Waals surface area (Å²) < 4.78 is 2.50. The zero-order valence-electron chi connectivity index (χ0n) is 7.08. The SMILES string of the molecule is CNCC(O)c1c(Br)cnn1C. The molecule has 0 aromatic carbocycles. The van der Waals surface area contributed by atoms with E-state index in [0.29, 0.717) is 6.54 Å². The Hall–Kier alpha value is -0.390. The Kier molecular flexibility index (Phi) is 3.25. The second-order valence-electron chi connectivity index (χ2n) is 2.57. The minimum absolute atomic E-state index is 0.517. The fraction of sp³-hybridized carbons (Fsp3) is 0.571. The fourth-order valence-electron chi connectivity index (χ4n) is 1.09. The van der Waals surface area contributed by atoms with Crippen molar-refractivity contribution >= 4 is 15.9 Å². The maximum Gasteiger partial charge on any atom is 0.109 e. The standard InChI is InChI=1S/C7H12BrN3O/c1-9-4-6(12)7-5(8)3-10-11(7)2/h3,6,9,12H,4H2,1-2H3. The molecule has 1 aromatic rings. The van der Waals surface area contributed by atoms with Crippen molar-refractivity contribution in [2.24, 2.45) is 7.05 Å². The topological polar surface area (TPSA) is 50.1 Å². The van der Waals surface area contributed by atoms with Crippen LogP contribution in [0.15, 0.2) is 10.7 Å². The predicted molar refractivity (Wildman–Crippen MR) is 49.8 cm³/mol. The Morgan fingerprint density at radius 1 is 1.83 bits per heavy atom. The molecule has 1 atom stereocenters. The highest BCUT2D eigenvalue weighted by Gasteiger charge is 2.14. The van der Waals surface area contributed by atoms with Crippen molar-refractivity contribution in [1.29, 1.82) is 0 Å². The molecule has 0 fully saturated rings. The van der Waals surface area contributed by atoms with Gasteiger partial charge in [-0.05, 0) is 23.0 Å². The van der Waals surface area contributed by atoms with Crippen molar-refractivity contribution in [2.45, 2.75) is 6.10 Å². The Labute approximate surface area is 79.7 Å². The molecule has 0 saturated heterocycles. The van der Waals surface area contributed by atoms with Gasteiger partial charge in [-0.3, -0.25) is 4.68 Å². The van der Waals surface area contributed by atoms with Gasteiger partial charge in [0.1, 0.15) is 6.10 Å². The summed E-state index contributed by atoms with van der Waals surface area (Å²) in [6.45, 7) is 0.526. The largest absolute Gasteiger partial charge is 0.385 e. The third-order valence-corrected chi connectivity index (χ3v) is 2.26. The number of aliphatic hydroxyl groups is 1. The summed E-state index contributed by atoms with van der Waals surface area (Å²) in [5.74, 6) is 0. The highest BCUT2D eigenvalue weighted by Crippen LogP contribution is 2.21. The lowest BCUT2D eigenvalue weighted by molar-refractivity contribution is 0.167. The lowest BCUT2D eigenvalue weighted by Gasteiger charge is -2.10. The summed E-state index contributed by atoms with van der Waals surface area (Å²) >= 11 is 3.32. The summed E-state index contributed by atoms with van der Waals surface area (Å²) in [4.78, 5) is 0. The summed E-state index contributed by atoms with van der Waals surface area (Å²) in [5, 5.41) is 16.5. The fourth-order valence-corrected chi connectivity index (χ4v) is 1.70. The van der Waals surface area contributed by atoms with E-state index in [1.54, 1.807) is 25.0 Å². The van der Waals surface area contributed by atoms with Crippen molar-refractivity contribution in [1.82, 2.24) is 15.1 Å². The molecule has 0 bridgehead atoms. The van der Waals surface area contributed by atoms with Gasteiger partial charge in [-0.2, -0.15) is 5.10 Å². The van der Waals surface area contributed by atoms with Gasteiger partial charge in [-0.25, -0.2) is 0 Å². The monoisotopic (exact) mass is 233 g/mol. The van der Waals surface area contributed by atoms with Crippen LogP contribution in [0, 0.1) is 0 Å². The number of nitrogens with zero attached hydrogens (tertiary/aromatic N) is 2. The Morgan fingerprint density at radius 3 is 2.92 bits per heavy atom. The van der Waals surface area contributed by atoms with Crippen molar-refractivity contribution in [3.05, 3.63) is 16.4 Å². The van der Waals surface area contributed by atoms with E-state index in [9.17, 15) is 5.11 Å². The van der Waals surface area contributed by atoms with Gasteiger partial charge in [0.2, 0.25) is 0 Å². The molecule has 0 spiro atoms. The van der Waals surface area contributed by atoms with E-state index in [0.717, 1.165) is 10.2 Å². The summed E-state index contributed by atoms with van der Waals surface area (Å²) in [6, 6.07) is 0. The number of hydrogen-bond donors (Lipinski definition) is 2. The van der Waals surface area contributed by atoms with Crippen molar-refractivity contribution < 1.29 is 5.11 Å². The van der Waals surface area contributed by atoms with Crippen LogP contribution >= 0.6 is 15.9 Å². The van der Waals surface area contributed by atoms with Crippen LogP contribution < -0.4 is 5.32 Å². The third-order valence-electron chi connectivity index (χ3n) is 1.65. The Bertz CT molecular complexity index is 242. The quantitative estimate of drug-likeness (QED) is 0.797. The lowest BCUT2D eigenvalue weighted by atomic mass is 10.2. The smallest absolute Gasteiger partial charge is 0.109 e. The van der Waals surface area contributed by atoms with E-state index in [-0.39, 0.29) is 0 Å². The van der Waals surface area contributed by atoms with Crippen LogP contribution in [0.5, 0.6) is 0 Å². The van der Waals surface area contributed by atoms with Crippen LogP contribution in [0.4, 0.5) is 0 Å². The first-order chi connectivity index (χ1) is 5.66. The second-order valence-corrected chi connectivity index (χ2v) is 3.43. The third kappa shape index (κ3) is 1.85. The molecule has 0 amide bonds. The van der Waals surface area contributed by atoms with E-state index in [2.05, 4.69) is 26.3 Å². The molecule has 0 aliphatic heterocycles. The molecule has 5 heteroatoms. The van der Waals surface area contributed by atoms with E-state index >= 15 is 0 Å². The summed E-state index contributed by atoms with van der Waals surface area (Å²) in [7, 11) is 3.60. The zero-order valence-corrected chi connectivity index (χ0v) is 8.67. The molecule has 1 unspecified atom stereocenters. The zero-order chi connectivity index (χ0) is 9.14. The number of likely N-dealkylation sites (N-methyl/N-ethyl adjacent to an activating group) is 1. The normalized spacial score (nSPS) is 13.3. The van der Waals surface area contributed by atoms with Crippen LogP contribution in [0.2, 0.25) is 0 Å². The lowest BCUT2D eigenvalue weighted by Crippen LogP contribution is -2.19. The second kappa shape index (κ2) is 4.02. The molecule has 68 valence electrons. The van der Waals surface area contributed by atoms with Crippen LogP contribution in [0.3, 0.4) is 0 Å². The average molecular weight is 234 g/mol. The first kappa shape index (κ1) is 9.70. The first-order valence-corrected chi connectivity index (χ1v) is 4.46. The van der Waals surface area contributed by atoms with E-state index in [1.165, 1.54) is 0 Å². The van der Waals surface area contributed by atoms with Crippen LogP contribution in [0.1, 0.15) is 11.8 Å². The number of aliphatic hydroxyl groups excluding tert-OH is 1. The van der Waals surface area contributed by atoms with Gasteiger partial charge in [-0.1, -0.05) is 0 Å². The Balaban J connectivity index is 2.85. The van der Waals surface area contributed by atoms with Gasteiger partial charge in [0.15, 0.2) is 0 Å². The number of aromatic nitrogens is 2. The van der Waals surface area contributed by atoms with E-state index < -0.39 is 6.10 Å². The maximum absolute atomic E-state index is 9.62. The summed E-state index contributed by atoms with van der Waals surface area (Å²) in [6.07, 6.45) is 1.16. The van der Waals surface area contributed by atoms with Gasteiger partial charge in [0.05, 0.1) is 16.4 Å². The highest BCUT2D eigenvalue weighted by molar-refractivity contribution is 9.10. The molecule has 0 aliphatic carbocycles. The van der Waals surface area contributed by atoms with Crippen LogP contribution in [-0.4, -0.2) is 28.5 Å². The van der Waals surface area contributed by atoms with E-state index in [1.807, 2.05) is 0 Å². The molecule has 2 N–H and O–H groups in total. The average Bonchev–Trinajstić information content (AvgIpc) is 2.32. The molecule has 1 heterocycles. The number of hydrogen-bond acceptors (Lipinski definition) is 3. The molecule has 12 heavy (non-hydrogen) atoms. The summed E-state index contributed by atoms with van der Waals surface area (Å²) in [5.41, 5.74) is 0.796. The number of nitrogens with one attached hydrogen (secondary N) is 1. The van der Waals surface area contributed by atoms with Crippen LogP contribution in [0.25, 0.3) is 0 Å². The van der Waals surface area contributed by atoms with E-state index in [4.69, 9.17) is 0 Å². The van der Waals surface area contributed by atoms with Crippen molar-refractivity contribution in [3.63, 3.8) is 0 Å². The predicted octanol–water partition coefficient (Wildman–Crippen LogP) is 0.435. The molecule has 0 saturated carbocycles. The van der Waals surface area contributed by atoms with Gasteiger partial charge in [0.25, 0.3) is 0 Å². The highest BCUT2D eigenvalue weighted by atomic mass is 79.9. The molecule has 1 aromatic heterocycles. The maximum atomic E-state index is 9.62. The molecule has 4 nitrogen and oxygen atoms in total. The van der Waals surface area contributed by atoms with Gasteiger partial charge < -0.3 is 10.4 Å². The minimum atomic E-state index is -0.517. The minimum Gasteiger partial charge on any atom is -0.385 e. The van der Waals surface area contributed by atoms with Gasteiger partial charge in [-0.15, -0.1) is 0 Å². The molecular weight excluding hydrogens is 222 g/mol. The molecule has 1 rings (SSSR count). The van der Waals surface area contributed by atoms with Crippen molar-refractivity contribution in [3.8, 4) is 0 Å². The van der Waals surface area contributed by atoms with Gasteiger partial charge in [0, 0.05) is 13.6 Å². The van der Waals surface area contributed by atoms with Crippen molar-refractivity contribution in [2.75, 3.05) is 13.6 Å². The Morgan fingerprint density at radius 2 is 2.50 bits per heavy atom. The molecular formula is C7H12BrN3O. The van der Waals surface area contributed by atoms with Crippen LogP contribution in [-0.2, 0) is 7.05 Å². The number of rotatable bonds is 3. The molecule has 0 aliphatic rings. The first-order valence-electron chi connectivity index (χ1n) is 3.67. The molecule has 0 radical (unpaired) electrons. The number of halogens is 1. The van der Waals surface area contributed by atoms with Gasteiger partial charge >= 0.3 is 0 Å². The number of aryl methyl sites for hydroxylation is 1.